The van der Waals surface area contributed by atoms with Gasteiger partial charge in [-0.2, -0.15) is 12.7 Å². The number of carbonyl (C=O) groups is 2. The zero-order valence-electron chi connectivity index (χ0n) is 24.4. The van der Waals surface area contributed by atoms with Gasteiger partial charge in [0.25, 0.3) is 10.1 Å². The Morgan fingerprint density at radius 1 is 1.02 bits per heavy atom. The van der Waals surface area contributed by atoms with Gasteiger partial charge in [-0.05, 0) is 72.9 Å². The van der Waals surface area contributed by atoms with E-state index in [1.807, 2.05) is 12.1 Å². The first-order valence-electron chi connectivity index (χ1n) is 14.0. The monoisotopic (exact) mass is 666 g/mol. The van der Waals surface area contributed by atoms with Crippen molar-refractivity contribution in [2.24, 2.45) is 5.92 Å². The number of hydrogen-bond donors (Lipinski definition) is 1. The summed E-state index contributed by atoms with van der Waals surface area (Å²) in [6.07, 6.45) is 5.96. The number of piperazine rings is 1. The lowest BCUT2D eigenvalue weighted by Crippen LogP contribution is -2.61. The number of carbonyl (C=O) groups excluding carboxylic acids is 2. The number of ether oxygens (including phenoxy) is 1. The van der Waals surface area contributed by atoms with Gasteiger partial charge in [0.15, 0.2) is 0 Å². The molecule has 5 rings (SSSR count). The van der Waals surface area contributed by atoms with Crippen LogP contribution in [-0.2, 0) is 34.5 Å². The summed E-state index contributed by atoms with van der Waals surface area (Å²) >= 11 is 6.06. The van der Waals surface area contributed by atoms with E-state index in [0.717, 1.165) is 41.3 Å². The molecule has 1 N–H and O–H groups in total. The minimum Gasteiger partial charge on any atom is -0.464 e. The Kier molecular flexibility index (Phi) is 10.8. The minimum atomic E-state index is -4.04. The van der Waals surface area contributed by atoms with Crippen molar-refractivity contribution in [3.63, 3.8) is 0 Å². The Morgan fingerprint density at radius 3 is 2.27 bits per heavy atom. The molecule has 2 saturated heterocycles. The summed E-state index contributed by atoms with van der Waals surface area (Å²) in [5.74, 6) is -0.792. The number of halogens is 1. The second-order valence-corrected chi connectivity index (χ2v) is 14.5. The SMILES string of the molecule is CCOC(=O)[C@@H]1CN(S(=O)(=O)c2ccc3cc(Cl)ccc3c2)CC(=O)N1CC1CCN(c2ccncc2)CC1.CS(=O)(=O)O. The molecule has 2 aromatic carbocycles. The highest BCUT2D eigenvalue weighted by Gasteiger charge is 2.43. The summed E-state index contributed by atoms with van der Waals surface area (Å²) in [4.78, 5) is 34.3. The van der Waals surface area contributed by atoms with Crippen molar-refractivity contribution in [2.45, 2.75) is 30.7 Å². The highest BCUT2D eigenvalue weighted by Crippen LogP contribution is 2.29. The van der Waals surface area contributed by atoms with Crippen molar-refractivity contribution in [1.82, 2.24) is 14.2 Å². The second-order valence-electron chi connectivity index (χ2n) is 10.6. The number of sulfonamides is 1. The predicted molar refractivity (Wildman–Crippen MR) is 166 cm³/mol. The molecule has 1 atom stereocenters. The number of esters is 1. The molecule has 238 valence electrons. The molecule has 0 unspecified atom stereocenters. The van der Waals surface area contributed by atoms with Crippen molar-refractivity contribution >= 4 is 60.1 Å². The third-order valence-electron chi connectivity index (χ3n) is 7.45. The molecule has 0 spiro atoms. The van der Waals surface area contributed by atoms with Crippen LogP contribution in [0.3, 0.4) is 0 Å². The number of fused-ring (bicyclic) bond motifs is 1. The van der Waals surface area contributed by atoms with Crippen LogP contribution in [0.4, 0.5) is 5.69 Å². The van der Waals surface area contributed by atoms with E-state index in [0.29, 0.717) is 23.2 Å². The quantitative estimate of drug-likeness (QED) is 0.294. The lowest BCUT2D eigenvalue weighted by atomic mass is 9.94. The first kappa shape index (κ1) is 33.6. The molecule has 2 fully saturated rings. The van der Waals surface area contributed by atoms with Gasteiger partial charge in [-0.1, -0.05) is 23.7 Å². The lowest BCUT2D eigenvalue weighted by molar-refractivity contribution is -0.158. The van der Waals surface area contributed by atoms with Crippen LogP contribution in [0, 0.1) is 5.92 Å². The number of aromatic nitrogens is 1. The third kappa shape index (κ3) is 8.66. The number of anilines is 1. The number of benzene rings is 2. The molecule has 3 heterocycles. The van der Waals surface area contributed by atoms with Crippen molar-refractivity contribution in [2.75, 3.05) is 50.5 Å². The molecule has 1 amide bonds. The molecule has 3 aromatic rings. The highest BCUT2D eigenvalue weighted by atomic mass is 35.5. The molecule has 2 aliphatic rings. The normalized spacial score (nSPS) is 18.5. The van der Waals surface area contributed by atoms with E-state index < -0.39 is 38.1 Å². The maximum Gasteiger partial charge on any atom is 0.330 e. The Hall–Kier alpha value is -3.30. The molecule has 0 bridgehead atoms. The van der Waals surface area contributed by atoms with E-state index in [4.69, 9.17) is 20.9 Å². The molecule has 2 aliphatic heterocycles. The van der Waals surface area contributed by atoms with Crippen LogP contribution < -0.4 is 4.90 Å². The van der Waals surface area contributed by atoms with E-state index in [-0.39, 0.29) is 30.5 Å². The van der Waals surface area contributed by atoms with Gasteiger partial charge >= 0.3 is 5.97 Å². The topological polar surface area (TPSA) is 154 Å². The van der Waals surface area contributed by atoms with Gasteiger partial charge in [0.1, 0.15) is 6.04 Å². The van der Waals surface area contributed by atoms with Gasteiger partial charge < -0.3 is 14.5 Å². The molecule has 15 heteroatoms. The Bertz CT molecular complexity index is 1690. The van der Waals surface area contributed by atoms with Crippen LogP contribution in [0.1, 0.15) is 19.8 Å². The van der Waals surface area contributed by atoms with Crippen molar-refractivity contribution in [3.05, 3.63) is 65.9 Å². The number of nitrogens with zero attached hydrogens (tertiary/aromatic N) is 4. The summed E-state index contributed by atoms with van der Waals surface area (Å²) in [5, 5.41) is 2.08. The fourth-order valence-electron chi connectivity index (χ4n) is 5.33. The summed E-state index contributed by atoms with van der Waals surface area (Å²) in [6.45, 7) is 3.40. The van der Waals surface area contributed by atoms with Crippen LogP contribution >= 0.6 is 11.6 Å². The Morgan fingerprint density at radius 2 is 1.64 bits per heavy atom. The van der Waals surface area contributed by atoms with Crippen molar-refractivity contribution < 1.29 is 35.7 Å². The number of rotatable bonds is 7. The number of amides is 1. The smallest absolute Gasteiger partial charge is 0.330 e. The molecule has 0 radical (unpaired) electrons. The number of pyridine rings is 1. The second kappa shape index (κ2) is 14.2. The van der Waals surface area contributed by atoms with Crippen LogP contribution in [0.15, 0.2) is 65.8 Å². The van der Waals surface area contributed by atoms with Gasteiger partial charge in [-0.3, -0.25) is 14.3 Å². The lowest BCUT2D eigenvalue weighted by Gasteiger charge is -2.42. The molecular weight excluding hydrogens is 632 g/mol. The standard InChI is InChI=1S/C28H31ClN4O5S.CH4O3S/c1-2-38-28(35)26-18-32(39(36,37)25-6-4-21-15-23(29)5-3-22(21)16-25)19-27(34)33(26)17-20-9-13-31(14-10-20)24-7-11-30-12-8-24;1-5(2,3)4/h3-8,11-12,15-16,20,26H,2,9-10,13-14,17-19H2,1H3;1H3,(H,2,3,4)/t26-;/m0./s1. The average molecular weight is 667 g/mol. The van der Waals surface area contributed by atoms with E-state index in [1.54, 1.807) is 49.6 Å². The Balaban J connectivity index is 0.000000818. The summed E-state index contributed by atoms with van der Waals surface area (Å²) in [7, 11) is -7.71. The van der Waals surface area contributed by atoms with Crippen molar-refractivity contribution in [1.29, 1.82) is 0 Å². The fraction of sp³-hybridized carbons (Fsp3) is 0.414. The maximum absolute atomic E-state index is 13.6. The van der Waals surface area contributed by atoms with Gasteiger partial charge in [0.2, 0.25) is 15.9 Å². The van der Waals surface area contributed by atoms with Crippen LogP contribution in [-0.4, -0.2) is 99.1 Å². The van der Waals surface area contributed by atoms with Crippen LogP contribution in [0.5, 0.6) is 0 Å². The average Bonchev–Trinajstić information content (AvgIpc) is 2.97. The largest absolute Gasteiger partial charge is 0.464 e. The summed E-state index contributed by atoms with van der Waals surface area (Å²) < 4.78 is 59.4. The molecular formula is C29H35ClN4O8S2. The molecule has 0 saturated carbocycles. The molecule has 0 aliphatic carbocycles. The number of piperidine rings is 1. The van der Waals surface area contributed by atoms with Gasteiger partial charge in [0.05, 0.1) is 24.3 Å². The minimum absolute atomic E-state index is 0.0599. The molecule has 12 nitrogen and oxygen atoms in total. The summed E-state index contributed by atoms with van der Waals surface area (Å²) in [5.41, 5.74) is 1.11. The number of hydrogen-bond acceptors (Lipinski definition) is 9. The maximum atomic E-state index is 13.6. The predicted octanol–water partition coefficient (Wildman–Crippen LogP) is 3.07. The van der Waals surface area contributed by atoms with Gasteiger partial charge in [0, 0.05) is 49.3 Å². The zero-order chi connectivity index (χ0) is 32.1. The zero-order valence-corrected chi connectivity index (χ0v) is 26.8. The van der Waals surface area contributed by atoms with Crippen LogP contribution in [0.2, 0.25) is 5.02 Å². The van der Waals surface area contributed by atoms with E-state index in [2.05, 4.69) is 9.88 Å². The van der Waals surface area contributed by atoms with Crippen LogP contribution in [0.25, 0.3) is 10.8 Å². The van der Waals surface area contributed by atoms with E-state index in [9.17, 15) is 26.4 Å². The molecule has 44 heavy (non-hydrogen) atoms. The fourth-order valence-corrected chi connectivity index (χ4v) is 6.95. The summed E-state index contributed by atoms with van der Waals surface area (Å²) in [6, 6.07) is 12.9. The first-order valence-corrected chi connectivity index (χ1v) is 17.7. The Labute approximate surface area is 262 Å². The van der Waals surface area contributed by atoms with E-state index in [1.165, 1.54) is 11.0 Å². The first-order chi connectivity index (χ1) is 20.8. The van der Waals surface area contributed by atoms with Gasteiger partial charge in [-0.25, -0.2) is 13.2 Å². The van der Waals surface area contributed by atoms with E-state index >= 15 is 0 Å². The van der Waals surface area contributed by atoms with Gasteiger partial charge in [-0.15, -0.1) is 0 Å². The third-order valence-corrected chi connectivity index (χ3v) is 9.50. The van der Waals surface area contributed by atoms with Crippen molar-refractivity contribution in [3.8, 4) is 0 Å². The molecule has 1 aromatic heterocycles. The highest BCUT2D eigenvalue weighted by molar-refractivity contribution is 7.89.